The van der Waals surface area contributed by atoms with Gasteiger partial charge in [-0.25, -0.2) is 4.79 Å². The Bertz CT molecular complexity index is 548. The maximum absolute atomic E-state index is 12.3. The number of carbonyl (C=O) groups is 2. The molecule has 0 bridgehead atoms. The summed E-state index contributed by atoms with van der Waals surface area (Å²) in [5.74, 6) is 0.167. The fourth-order valence-electron chi connectivity index (χ4n) is 3.33. The van der Waals surface area contributed by atoms with E-state index in [2.05, 4.69) is 20.5 Å². The number of carbonyl (C=O) groups excluding carboxylic acids is 2. The number of β-amino-alcohol motifs (C(OH)–C–C–N with tert-alkyl or cyclic N) is 1. The number of aliphatic imine (C=N–C) groups is 1. The highest BCUT2D eigenvalue weighted by Crippen LogP contribution is 2.20. The van der Waals surface area contributed by atoms with Crippen molar-refractivity contribution in [3.8, 4) is 0 Å². The number of nitrogens with one attached hydrogen (secondary N) is 2. The molecular formula is C15H26N6O4. The first-order valence-electron chi connectivity index (χ1n) is 8.61. The van der Waals surface area contributed by atoms with Crippen LogP contribution in [0.2, 0.25) is 0 Å². The SMILES string of the molecule is CC(O)CN1C(=NCCN2CCOCC2)NC2C1C(=O)NC(=O)N2C. The number of rotatable bonds is 5. The van der Waals surface area contributed by atoms with E-state index in [1.54, 1.807) is 18.9 Å². The zero-order valence-corrected chi connectivity index (χ0v) is 14.6. The minimum absolute atomic E-state index is 0.264. The first-order valence-corrected chi connectivity index (χ1v) is 8.61. The number of fused-ring (bicyclic) bond motifs is 1. The molecule has 0 aliphatic carbocycles. The number of urea groups is 1. The molecule has 3 rings (SSSR count). The van der Waals surface area contributed by atoms with Gasteiger partial charge >= 0.3 is 6.03 Å². The maximum atomic E-state index is 12.3. The standard InChI is InChI=1S/C15H26N6O4/c1-10(22)9-21-11-12(19(2)15(24)18-13(11)23)17-14(21)16-3-4-20-5-7-25-8-6-20/h10-12,22H,3-9H2,1-2H3,(H,16,17)(H,18,23,24). The molecule has 3 unspecified atom stereocenters. The molecular weight excluding hydrogens is 328 g/mol. The van der Waals surface area contributed by atoms with Gasteiger partial charge in [-0.3, -0.25) is 20.0 Å². The molecule has 3 amide bonds. The Labute approximate surface area is 146 Å². The van der Waals surface area contributed by atoms with E-state index < -0.39 is 24.3 Å². The van der Waals surface area contributed by atoms with Crippen molar-refractivity contribution in [2.75, 3.05) is 53.0 Å². The van der Waals surface area contributed by atoms with Gasteiger partial charge in [0.2, 0.25) is 0 Å². The van der Waals surface area contributed by atoms with Crippen LogP contribution in [0, 0.1) is 0 Å². The van der Waals surface area contributed by atoms with Crippen LogP contribution in [0.15, 0.2) is 4.99 Å². The molecule has 3 saturated heterocycles. The molecule has 25 heavy (non-hydrogen) atoms. The first-order chi connectivity index (χ1) is 12.0. The lowest BCUT2D eigenvalue weighted by Gasteiger charge is -2.35. The number of aliphatic hydroxyl groups is 1. The topological polar surface area (TPSA) is 110 Å². The highest BCUT2D eigenvalue weighted by molar-refractivity contribution is 6.04. The van der Waals surface area contributed by atoms with Gasteiger partial charge in [0.05, 0.1) is 25.9 Å². The molecule has 3 aliphatic heterocycles. The van der Waals surface area contributed by atoms with Crippen molar-refractivity contribution in [2.24, 2.45) is 4.99 Å². The molecule has 0 aromatic heterocycles. The molecule has 3 atom stereocenters. The number of hydrogen-bond acceptors (Lipinski definition) is 6. The lowest BCUT2D eigenvalue weighted by molar-refractivity contribution is -0.127. The van der Waals surface area contributed by atoms with Crippen LogP contribution in [0.25, 0.3) is 0 Å². The van der Waals surface area contributed by atoms with Gasteiger partial charge in [0.1, 0.15) is 6.17 Å². The Morgan fingerprint density at radius 1 is 1.36 bits per heavy atom. The van der Waals surface area contributed by atoms with Crippen molar-refractivity contribution in [2.45, 2.75) is 25.2 Å². The van der Waals surface area contributed by atoms with Crippen LogP contribution < -0.4 is 10.6 Å². The Kier molecular flexibility index (Phi) is 5.40. The minimum atomic E-state index is -0.624. The second kappa shape index (κ2) is 7.54. The van der Waals surface area contributed by atoms with Crippen LogP contribution in [-0.4, -0.2) is 109 Å². The maximum Gasteiger partial charge on any atom is 0.325 e. The summed E-state index contributed by atoms with van der Waals surface area (Å²) in [6.45, 7) is 6.54. The quantitative estimate of drug-likeness (QED) is 0.516. The highest BCUT2D eigenvalue weighted by atomic mass is 16.5. The van der Waals surface area contributed by atoms with Crippen LogP contribution in [0.4, 0.5) is 4.79 Å². The van der Waals surface area contributed by atoms with Gasteiger partial charge in [-0.2, -0.15) is 0 Å². The van der Waals surface area contributed by atoms with E-state index in [0.29, 0.717) is 12.5 Å². The number of imide groups is 1. The third-order valence-electron chi connectivity index (χ3n) is 4.66. The van der Waals surface area contributed by atoms with Crippen molar-refractivity contribution in [3.63, 3.8) is 0 Å². The van der Waals surface area contributed by atoms with Crippen molar-refractivity contribution in [3.05, 3.63) is 0 Å². The van der Waals surface area contributed by atoms with E-state index >= 15 is 0 Å². The van der Waals surface area contributed by atoms with Gasteiger partial charge in [0, 0.05) is 33.2 Å². The second-order valence-corrected chi connectivity index (χ2v) is 6.60. The molecule has 10 heteroatoms. The average molecular weight is 354 g/mol. The van der Waals surface area contributed by atoms with Gasteiger partial charge in [-0.05, 0) is 6.92 Å². The monoisotopic (exact) mass is 354 g/mol. The summed E-state index contributed by atoms with van der Waals surface area (Å²) in [7, 11) is 1.63. The molecule has 140 valence electrons. The summed E-state index contributed by atoms with van der Waals surface area (Å²) in [4.78, 5) is 34.2. The summed E-state index contributed by atoms with van der Waals surface area (Å²) in [6.07, 6.45) is -1.11. The van der Waals surface area contributed by atoms with Crippen molar-refractivity contribution in [1.29, 1.82) is 0 Å². The Morgan fingerprint density at radius 2 is 2.08 bits per heavy atom. The normalized spacial score (nSPS) is 30.3. The van der Waals surface area contributed by atoms with E-state index in [1.165, 1.54) is 4.90 Å². The molecule has 0 aromatic carbocycles. The molecule has 3 N–H and O–H groups in total. The third-order valence-corrected chi connectivity index (χ3v) is 4.66. The average Bonchev–Trinajstić information content (AvgIpc) is 2.92. The first kappa shape index (κ1) is 17.9. The zero-order valence-electron chi connectivity index (χ0n) is 14.6. The van der Waals surface area contributed by atoms with E-state index in [1.807, 2.05) is 0 Å². The van der Waals surface area contributed by atoms with Crippen LogP contribution in [0.1, 0.15) is 6.92 Å². The van der Waals surface area contributed by atoms with Gasteiger partial charge in [-0.1, -0.05) is 0 Å². The third kappa shape index (κ3) is 3.86. The Balaban J connectivity index is 1.71. The second-order valence-electron chi connectivity index (χ2n) is 6.60. The molecule has 0 saturated carbocycles. The number of amides is 3. The summed E-state index contributed by atoms with van der Waals surface area (Å²) in [5, 5.41) is 15.3. The summed E-state index contributed by atoms with van der Waals surface area (Å²) in [5.41, 5.74) is 0. The number of morpholine rings is 1. The molecule has 10 nitrogen and oxygen atoms in total. The molecule has 3 fully saturated rings. The summed E-state index contributed by atoms with van der Waals surface area (Å²) >= 11 is 0. The van der Waals surface area contributed by atoms with Gasteiger partial charge in [0.15, 0.2) is 12.0 Å². The fraction of sp³-hybridized carbons (Fsp3) is 0.800. The van der Waals surface area contributed by atoms with Crippen LogP contribution >= 0.6 is 0 Å². The number of likely N-dealkylation sites (N-methyl/N-ethyl adjacent to an activating group) is 1. The number of ether oxygens (including phenoxy) is 1. The summed E-state index contributed by atoms with van der Waals surface area (Å²) in [6, 6.07) is -1.04. The van der Waals surface area contributed by atoms with Crippen LogP contribution in [-0.2, 0) is 9.53 Å². The number of guanidine groups is 1. The lowest BCUT2D eigenvalue weighted by Crippen LogP contribution is -2.65. The van der Waals surface area contributed by atoms with Crippen LogP contribution in [0.5, 0.6) is 0 Å². The number of nitrogens with zero attached hydrogens (tertiary/aromatic N) is 4. The predicted molar refractivity (Wildman–Crippen MR) is 90.0 cm³/mol. The van der Waals surface area contributed by atoms with E-state index in [4.69, 9.17) is 4.74 Å². The van der Waals surface area contributed by atoms with E-state index in [0.717, 1.165) is 32.8 Å². The fourth-order valence-corrected chi connectivity index (χ4v) is 3.33. The van der Waals surface area contributed by atoms with Gasteiger partial charge in [-0.15, -0.1) is 0 Å². The largest absolute Gasteiger partial charge is 0.392 e. The highest BCUT2D eigenvalue weighted by Gasteiger charge is 2.49. The molecule has 0 aromatic rings. The number of hydrogen-bond donors (Lipinski definition) is 3. The molecule has 0 spiro atoms. The van der Waals surface area contributed by atoms with Crippen LogP contribution in [0.3, 0.4) is 0 Å². The van der Waals surface area contributed by atoms with Gasteiger partial charge in [0.25, 0.3) is 5.91 Å². The molecule has 0 radical (unpaired) electrons. The predicted octanol–water partition coefficient (Wildman–Crippen LogP) is -2.16. The van der Waals surface area contributed by atoms with E-state index in [-0.39, 0.29) is 12.5 Å². The van der Waals surface area contributed by atoms with Crippen molar-refractivity contribution in [1.82, 2.24) is 25.3 Å². The Morgan fingerprint density at radius 3 is 2.76 bits per heavy atom. The molecule has 3 aliphatic rings. The lowest BCUT2D eigenvalue weighted by atomic mass is 10.1. The Hall–Kier alpha value is -1.91. The van der Waals surface area contributed by atoms with Gasteiger partial charge < -0.3 is 25.0 Å². The summed E-state index contributed by atoms with van der Waals surface area (Å²) < 4.78 is 5.33. The smallest absolute Gasteiger partial charge is 0.325 e. The zero-order chi connectivity index (χ0) is 18.0. The molecule has 3 heterocycles. The van der Waals surface area contributed by atoms with Crippen molar-refractivity contribution < 1.29 is 19.4 Å². The number of aliphatic hydroxyl groups excluding tert-OH is 1. The van der Waals surface area contributed by atoms with Crippen molar-refractivity contribution >= 4 is 17.9 Å². The minimum Gasteiger partial charge on any atom is -0.392 e. The van der Waals surface area contributed by atoms with E-state index in [9.17, 15) is 14.7 Å².